The van der Waals surface area contributed by atoms with Crippen molar-refractivity contribution in [2.45, 2.75) is 32.6 Å². The van der Waals surface area contributed by atoms with Gasteiger partial charge in [0.15, 0.2) is 0 Å². The summed E-state index contributed by atoms with van der Waals surface area (Å²) in [5, 5.41) is 0. The molecule has 18 heavy (non-hydrogen) atoms. The average molecular weight is 254 g/mol. The minimum atomic E-state index is 0.337. The Hall–Kier alpha value is -0.610. The van der Waals surface area contributed by atoms with Crippen LogP contribution in [0.25, 0.3) is 0 Å². The highest BCUT2D eigenvalue weighted by Gasteiger charge is 2.24. The van der Waals surface area contributed by atoms with E-state index in [1.165, 1.54) is 13.0 Å². The second-order valence-corrected chi connectivity index (χ2v) is 5.51. The summed E-state index contributed by atoms with van der Waals surface area (Å²) in [7, 11) is 0. The molecule has 1 atom stereocenters. The van der Waals surface area contributed by atoms with Crippen LogP contribution in [0, 0.1) is 5.92 Å². The second-order valence-electron chi connectivity index (χ2n) is 5.51. The van der Waals surface area contributed by atoms with Crippen LogP contribution in [0.2, 0.25) is 0 Å². The van der Waals surface area contributed by atoms with Gasteiger partial charge in [-0.15, -0.1) is 0 Å². The number of ether oxygens (including phenoxy) is 1. The van der Waals surface area contributed by atoms with Gasteiger partial charge < -0.3 is 14.5 Å². The van der Waals surface area contributed by atoms with Gasteiger partial charge in [-0.2, -0.15) is 0 Å². The van der Waals surface area contributed by atoms with Gasteiger partial charge in [-0.25, -0.2) is 0 Å². The summed E-state index contributed by atoms with van der Waals surface area (Å²) in [6.07, 6.45) is 4.07. The van der Waals surface area contributed by atoms with Gasteiger partial charge >= 0.3 is 0 Å². The van der Waals surface area contributed by atoms with Gasteiger partial charge in [0, 0.05) is 39.3 Å². The Bertz CT molecular complexity index is 265. The molecule has 0 saturated carbocycles. The number of hydrogen-bond acceptors (Lipinski definition) is 3. The highest BCUT2D eigenvalue weighted by atomic mass is 16.5. The zero-order valence-electron chi connectivity index (χ0n) is 11.6. The van der Waals surface area contributed by atoms with Crippen molar-refractivity contribution in [2.24, 2.45) is 5.92 Å². The van der Waals surface area contributed by atoms with Crippen molar-refractivity contribution < 1.29 is 9.53 Å². The van der Waals surface area contributed by atoms with Crippen LogP contribution >= 0.6 is 0 Å². The van der Waals surface area contributed by atoms with Gasteiger partial charge in [-0.3, -0.25) is 4.79 Å². The lowest BCUT2D eigenvalue weighted by Crippen LogP contribution is -2.36. The Morgan fingerprint density at radius 3 is 2.89 bits per heavy atom. The fraction of sp³-hybridized carbons (Fsp3) is 0.929. The molecule has 1 amide bonds. The Balaban J connectivity index is 1.76. The molecular formula is C14H26N2O2. The van der Waals surface area contributed by atoms with Gasteiger partial charge in [0.1, 0.15) is 0 Å². The molecule has 0 bridgehead atoms. The van der Waals surface area contributed by atoms with E-state index in [2.05, 4.69) is 16.7 Å². The zero-order valence-corrected chi connectivity index (χ0v) is 11.6. The highest BCUT2D eigenvalue weighted by Crippen LogP contribution is 2.18. The van der Waals surface area contributed by atoms with E-state index in [-0.39, 0.29) is 0 Å². The average Bonchev–Trinajstić information content (AvgIpc) is 2.74. The Morgan fingerprint density at radius 1 is 1.28 bits per heavy atom. The monoisotopic (exact) mass is 254 g/mol. The predicted octanol–water partition coefficient (Wildman–Crippen LogP) is 1.36. The molecule has 0 N–H and O–H groups in total. The first kappa shape index (κ1) is 13.8. The van der Waals surface area contributed by atoms with Crippen LogP contribution in [0.5, 0.6) is 0 Å². The van der Waals surface area contributed by atoms with Gasteiger partial charge in [0.05, 0.1) is 0 Å². The molecule has 0 aromatic carbocycles. The largest absolute Gasteiger partial charge is 0.381 e. The first-order chi connectivity index (χ1) is 8.79. The van der Waals surface area contributed by atoms with Crippen LogP contribution in [-0.2, 0) is 9.53 Å². The van der Waals surface area contributed by atoms with Gasteiger partial charge in [0.2, 0.25) is 5.91 Å². The van der Waals surface area contributed by atoms with Crippen LogP contribution < -0.4 is 0 Å². The molecule has 2 aliphatic heterocycles. The fourth-order valence-electron chi connectivity index (χ4n) is 2.88. The molecule has 104 valence electrons. The lowest BCUT2D eigenvalue weighted by atomic mass is 10.0. The third-order valence-corrected chi connectivity index (χ3v) is 3.97. The maximum atomic E-state index is 12.2. The van der Waals surface area contributed by atoms with Crippen LogP contribution in [0.3, 0.4) is 0 Å². The second kappa shape index (κ2) is 7.10. The smallest absolute Gasteiger partial charge is 0.222 e. The molecule has 2 saturated heterocycles. The van der Waals surface area contributed by atoms with Crippen molar-refractivity contribution in [3.8, 4) is 0 Å². The van der Waals surface area contributed by atoms with Gasteiger partial charge in [0.25, 0.3) is 0 Å². The molecule has 4 heteroatoms. The number of nitrogens with zero attached hydrogens (tertiary/aromatic N) is 2. The summed E-state index contributed by atoms with van der Waals surface area (Å²) in [6, 6.07) is 0. The molecule has 0 spiro atoms. The first-order valence-corrected chi connectivity index (χ1v) is 7.37. The molecule has 0 aromatic rings. The van der Waals surface area contributed by atoms with Crippen molar-refractivity contribution in [3.63, 3.8) is 0 Å². The van der Waals surface area contributed by atoms with Crippen LogP contribution in [0.15, 0.2) is 0 Å². The first-order valence-electron chi connectivity index (χ1n) is 7.37. The van der Waals surface area contributed by atoms with Gasteiger partial charge in [-0.1, -0.05) is 6.92 Å². The van der Waals surface area contributed by atoms with E-state index >= 15 is 0 Å². The number of rotatable bonds is 4. The molecule has 2 aliphatic rings. The SMILES string of the molecule is CCCN1CCCN(C(=O)C[C@@H]2CCOC2)CC1. The zero-order chi connectivity index (χ0) is 12.8. The molecule has 2 heterocycles. The van der Waals surface area contributed by atoms with Gasteiger partial charge in [-0.05, 0) is 38.3 Å². The van der Waals surface area contributed by atoms with E-state index < -0.39 is 0 Å². The Kier molecular flexibility index (Phi) is 5.45. The Morgan fingerprint density at radius 2 is 2.17 bits per heavy atom. The summed E-state index contributed by atoms with van der Waals surface area (Å²) < 4.78 is 5.34. The fourth-order valence-corrected chi connectivity index (χ4v) is 2.88. The van der Waals surface area contributed by atoms with E-state index in [9.17, 15) is 4.79 Å². The molecule has 4 nitrogen and oxygen atoms in total. The normalized spacial score (nSPS) is 26.3. The van der Waals surface area contributed by atoms with Crippen molar-refractivity contribution in [2.75, 3.05) is 45.9 Å². The maximum Gasteiger partial charge on any atom is 0.222 e. The van der Waals surface area contributed by atoms with E-state index in [1.54, 1.807) is 0 Å². The standard InChI is InChI=1S/C14H26N2O2/c1-2-5-15-6-3-7-16(9-8-15)14(17)11-13-4-10-18-12-13/h13H,2-12H2,1H3/t13-/m0/s1. The summed E-state index contributed by atoms with van der Waals surface area (Å²) >= 11 is 0. The lowest BCUT2D eigenvalue weighted by molar-refractivity contribution is -0.132. The number of carbonyl (C=O) groups excluding carboxylic acids is 1. The van der Waals surface area contributed by atoms with E-state index in [0.29, 0.717) is 18.2 Å². The van der Waals surface area contributed by atoms with E-state index in [1.807, 2.05) is 0 Å². The maximum absolute atomic E-state index is 12.2. The molecule has 2 rings (SSSR count). The third kappa shape index (κ3) is 3.95. The summed E-state index contributed by atoms with van der Waals surface area (Å²) in [6.45, 7) is 9.03. The summed E-state index contributed by atoms with van der Waals surface area (Å²) in [4.78, 5) is 16.8. The highest BCUT2D eigenvalue weighted by molar-refractivity contribution is 5.76. The molecule has 0 radical (unpaired) electrons. The number of carbonyl (C=O) groups is 1. The minimum absolute atomic E-state index is 0.337. The van der Waals surface area contributed by atoms with E-state index in [0.717, 1.165) is 52.2 Å². The van der Waals surface area contributed by atoms with Crippen LogP contribution in [0.4, 0.5) is 0 Å². The molecule has 0 aliphatic carbocycles. The molecule has 0 unspecified atom stereocenters. The van der Waals surface area contributed by atoms with Crippen molar-refractivity contribution in [1.82, 2.24) is 9.80 Å². The van der Waals surface area contributed by atoms with Crippen LogP contribution in [0.1, 0.15) is 32.6 Å². The van der Waals surface area contributed by atoms with Crippen molar-refractivity contribution in [3.05, 3.63) is 0 Å². The lowest BCUT2D eigenvalue weighted by Gasteiger charge is -2.22. The molecular weight excluding hydrogens is 228 g/mol. The van der Waals surface area contributed by atoms with Crippen molar-refractivity contribution >= 4 is 5.91 Å². The predicted molar refractivity (Wildman–Crippen MR) is 71.5 cm³/mol. The molecule has 0 aromatic heterocycles. The minimum Gasteiger partial charge on any atom is -0.381 e. The van der Waals surface area contributed by atoms with Crippen molar-refractivity contribution in [1.29, 1.82) is 0 Å². The number of amides is 1. The number of hydrogen-bond donors (Lipinski definition) is 0. The Labute approximate surface area is 110 Å². The topological polar surface area (TPSA) is 32.8 Å². The third-order valence-electron chi connectivity index (χ3n) is 3.97. The van der Waals surface area contributed by atoms with E-state index in [4.69, 9.17) is 4.74 Å². The summed E-state index contributed by atoms with van der Waals surface area (Å²) in [5.41, 5.74) is 0. The van der Waals surface area contributed by atoms with Crippen LogP contribution in [-0.4, -0.2) is 61.6 Å². The quantitative estimate of drug-likeness (QED) is 0.759. The summed E-state index contributed by atoms with van der Waals surface area (Å²) in [5.74, 6) is 0.802. The molecule has 2 fully saturated rings.